The number of aromatic nitrogens is 1. The molecule has 0 aliphatic carbocycles. The number of sulfonamides is 1. The lowest BCUT2D eigenvalue weighted by Crippen LogP contribution is -2.48. The predicted octanol–water partition coefficient (Wildman–Crippen LogP) is 2.48. The summed E-state index contributed by atoms with van der Waals surface area (Å²) < 4.78 is 27.0. The summed E-state index contributed by atoms with van der Waals surface area (Å²) in [4.78, 5) is 6.78. The molecule has 25 heavy (non-hydrogen) atoms. The van der Waals surface area contributed by atoms with Gasteiger partial charge in [0.15, 0.2) is 0 Å². The van der Waals surface area contributed by atoms with Crippen LogP contribution in [0.1, 0.15) is 16.3 Å². The van der Waals surface area contributed by atoms with Gasteiger partial charge in [-0.1, -0.05) is 11.6 Å². The van der Waals surface area contributed by atoms with E-state index >= 15 is 0 Å². The summed E-state index contributed by atoms with van der Waals surface area (Å²) in [7, 11) is -3.60. The largest absolute Gasteiger partial charge is 0.295 e. The topological polar surface area (TPSA) is 77.3 Å². The molecule has 1 aliphatic heterocycles. The minimum absolute atomic E-state index is 0.125. The number of hydrogen-bond acceptors (Lipinski definition) is 6. The number of benzene rings is 1. The zero-order valence-electron chi connectivity index (χ0n) is 13.6. The van der Waals surface area contributed by atoms with E-state index < -0.39 is 10.0 Å². The Kier molecular flexibility index (Phi) is 5.41. The smallest absolute Gasteiger partial charge is 0.243 e. The Labute approximate surface area is 156 Å². The quantitative estimate of drug-likeness (QED) is 0.793. The Bertz CT molecular complexity index is 912. The third kappa shape index (κ3) is 4.02. The van der Waals surface area contributed by atoms with Crippen LogP contribution in [0.3, 0.4) is 0 Å². The highest BCUT2D eigenvalue weighted by atomic mass is 35.5. The normalized spacial score (nSPS) is 16.7. The highest BCUT2D eigenvalue weighted by Crippen LogP contribution is 2.24. The van der Waals surface area contributed by atoms with Crippen molar-refractivity contribution in [3.8, 4) is 6.07 Å². The summed E-state index contributed by atoms with van der Waals surface area (Å²) >= 11 is 7.59. The van der Waals surface area contributed by atoms with Gasteiger partial charge in [-0.3, -0.25) is 4.90 Å². The van der Waals surface area contributed by atoms with Crippen LogP contribution in [0.25, 0.3) is 0 Å². The average Bonchev–Trinajstić information content (AvgIpc) is 3.00. The van der Waals surface area contributed by atoms with E-state index in [2.05, 4.69) is 9.88 Å². The summed E-state index contributed by atoms with van der Waals surface area (Å²) in [5.74, 6) is 0. The zero-order chi connectivity index (χ0) is 18.0. The van der Waals surface area contributed by atoms with Gasteiger partial charge in [-0.2, -0.15) is 9.57 Å². The molecule has 1 aliphatic rings. The van der Waals surface area contributed by atoms with Crippen molar-refractivity contribution >= 4 is 33.0 Å². The number of thiazole rings is 1. The van der Waals surface area contributed by atoms with Crippen LogP contribution in [0.4, 0.5) is 0 Å². The fraction of sp³-hybridized carbons (Fsp3) is 0.375. The van der Waals surface area contributed by atoms with Crippen molar-refractivity contribution in [2.45, 2.75) is 18.4 Å². The van der Waals surface area contributed by atoms with Crippen molar-refractivity contribution in [2.24, 2.45) is 0 Å². The molecule has 1 aromatic heterocycles. The molecule has 0 N–H and O–H groups in total. The van der Waals surface area contributed by atoms with Crippen molar-refractivity contribution < 1.29 is 8.42 Å². The molecule has 0 saturated carbocycles. The van der Waals surface area contributed by atoms with Gasteiger partial charge in [0.1, 0.15) is 6.07 Å². The molecular weight excluding hydrogens is 380 g/mol. The number of nitrogens with zero attached hydrogens (tertiary/aromatic N) is 4. The van der Waals surface area contributed by atoms with Crippen LogP contribution >= 0.6 is 22.9 Å². The highest BCUT2D eigenvalue weighted by Gasteiger charge is 2.29. The van der Waals surface area contributed by atoms with E-state index in [1.165, 1.54) is 22.5 Å². The van der Waals surface area contributed by atoms with Gasteiger partial charge in [0, 0.05) is 38.1 Å². The molecule has 1 saturated heterocycles. The second-order valence-corrected chi connectivity index (χ2v) is 9.20. The van der Waals surface area contributed by atoms with Gasteiger partial charge in [-0.25, -0.2) is 13.4 Å². The molecule has 3 rings (SSSR count). The lowest BCUT2D eigenvalue weighted by molar-refractivity contribution is 0.180. The summed E-state index contributed by atoms with van der Waals surface area (Å²) in [6.07, 6.45) is 0. The Balaban J connectivity index is 1.67. The second-order valence-electron chi connectivity index (χ2n) is 5.79. The number of aryl methyl sites for hydroxylation is 1. The second kappa shape index (κ2) is 7.40. The standard InChI is InChI=1S/C16H17ClN4O2S2/c1-12-19-14(11-24-12)10-20-4-6-21(7-5-20)25(22,23)15-3-2-13(9-18)16(17)8-15/h2-3,8,11H,4-7,10H2,1H3. The van der Waals surface area contributed by atoms with E-state index in [-0.39, 0.29) is 15.5 Å². The van der Waals surface area contributed by atoms with Gasteiger partial charge in [0.05, 0.1) is 26.2 Å². The number of piperazine rings is 1. The first-order valence-electron chi connectivity index (χ1n) is 7.73. The lowest BCUT2D eigenvalue weighted by Gasteiger charge is -2.33. The number of nitriles is 1. The number of halogens is 1. The first kappa shape index (κ1) is 18.3. The van der Waals surface area contributed by atoms with Gasteiger partial charge in [-0.05, 0) is 25.1 Å². The summed E-state index contributed by atoms with van der Waals surface area (Å²) in [5, 5.41) is 12.1. The third-order valence-corrected chi connectivity index (χ3v) is 7.11. The van der Waals surface area contributed by atoms with Gasteiger partial charge in [-0.15, -0.1) is 11.3 Å². The minimum Gasteiger partial charge on any atom is -0.295 e. The van der Waals surface area contributed by atoms with E-state index in [1.54, 1.807) is 11.3 Å². The molecule has 9 heteroatoms. The molecular formula is C16H17ClN4O2S2. The molecule has 0 amide bonds. The van der Waals surface area contributed by atoms with Gasteiger partial charge >= 0.3 is 0 Å². The maximum Gasteiger partial charge on any atom is 0.243 e. The SMILES string of the molecule is Cc1nc(CN2CCN(S(=O)(=O)c3ccc(C#N)c(Cl)c3)CC2)cs1. The van der Waals surface area contributed by atoms with E-state index in [0.717, 1.165) is 17.2 Å². The lowest BCUT2D eigenvalue weighted by atomic mass is 10.2. The molecule has 2 aromatic rings. The minimum atomic E-state index is -3.60. The van der Waals surface area contributed by atoms with Gasteiger partial charge in [0.2, 0.25) is 10.0 Å². The van der Waals surface area contributed by atoms with Crippen LogP contribution in [0.15, 0.2) is 28.5 Å². The Morgan fingerprint density at radius 3 is 2.60 bits per heavy atom. The zero-order valence-corrected chi connectivity index (χ0v) is 16.0. The van der Waals surface area contributed by atoms with Crippen LogP contribution in [0.5, 0.6) is 0 Å². The van der Waals surface area contributed by atoms with Crippen LogP contribution in [0.2, 0.25) is 5.02 Å². The van der Waals surface area contributed by atoms with Crippen molar-refractivity contribution in [2.75, 3.05) is 26.2 Å². The van der Waals surface area contributed by atoms with E-state index in [9.17, 15) is 8.42 Å². The monoisotopic (exact) mass is 396 g/mol. The molecule has 2 heterocycles. The molecule has 132 valence electrons. The maximum atomic E-state index is 12.8. The van der Waals surface area contributed by atoms with Crippen LogP contribution in [-0.4, -0.2) is 48.8 Å². The molecule has 0 spiro atoms. The van der Waals surface area contributed by atoms with E-state index in [1.807, 2.05) is 18.4 Å². The first-order chi connectivity index (χ1) is 11.9. The van der Waals surface area contributed by atoms with Gasteiger partial charge < -0.3 is 0 Å². The molecule has 0 bridgehead atoms. The van der Waals surface area contributed by atoms with E-state index in [0.29, 0.717) is 26.2 Å². The molecule has 0 radical (unpaired) electrons. The fourth-order valence-electron chi connectivity index (χ4n) is 2.73. The van der Waals surface area contributed by atoms with E-state index in [4.69, 9.17) is 16.9 Å². The number of rotatable bonds is 4. The molecule has 1 fully saturated rings. The molecule has 0 unspecified atom stereocenters. The maximum absolute atomic E-state index is 12.8. The molecule has 1 aromatic carbocycles. The summed E-state index contributed by atoms with van der Waals surface area (Å²) in [5.41, 5.74) is 1.29. The molecule has 0 atom stereocenters. The Morgan fingerprint density at radius 1 is 1.32 bits per heavy atom. The highest BCUT2D eigenvalue weighted by molar-refractivity contribution is 7.89. The van der Waals surface area contributed by atoms with Crippen molar-refractivity contribution in [3.63, 3.8) is 0 Å². The van der Waals surface area contributed by atoms with Crippen LogP contribution < -0.4 is 0 Å². The van der Waals surface area contributed by atoms with Crippen molar-refractivity contribution in [1.29, 1.82) is 5.26 Å². The summed E-state index contributed by atoms with van der Waals surface area (Å²) in [6.45, 7) is 4.86. The Morgan fingerprint density at radius 2 is 2.04 bits per heavy atom. The first-order valence-corrected chi connectivity index (χ1v) is 10.4. The predicted molar refractivity (Wildman–Crippen MR) is 97.1 cm³/mol. The fourth-order valence-corrected chi connectivity index (χ4v) is 5.07. The van der Waals surface area contributed by atoms with Crippen molar-refractivity contribution in [3.05, 3.63) is 44.9 Å². The average molecular weight is 397 g/mol. The van der Waals surface area contributed by atoms with Crippen LogP contribution in [0, 0.1) is 18.3 Å². The third-order valence-electron chi connectivity index (χ3n) is 4.08. The van der Waals surface area contributed by atoms with Crippen LogP contribution in [-0.2, 0) is 16.6 Å². The Hall–Kier alpha value is -1.50. The van der Waals surface area contributed by atoms with Crippen molar-refractivity contribution in [1.82, 2.24) is 14.2 Å². The molecule has 6 nitrogen and oxygen atoms in total. The number of hydrogen-bond donors (Lipinski definition) is 0. The summed E-state index contributed by atoms with van der Waals surface area (Å²) in [6, 6.07) is 6.15. The van der Waals surface area contributed by atoms with Gasteiger partial charge in [0.25, 0.3) is 0 Å².